The zero-order chi connectivity index (χ0) is 13.7. The van der Waals surface area contributed by atoms with E-state index in [1.54, 1.807) is 18.3 Å². The maximum atomic E-state index is 10.6. The summed E-state index contributed by atoms with van der Waals surface area (Å²) in [6.45, 7) is 2.63. The second-order valence-corrected chi connectivity index (χ2v) is 4.29. The lowest BCUT2D eigenvalue weighted by Gasteiger charge is -2.09. The number of non-ortho nitro benzene ring substituents is 1. The Morgan fingerprint density at radius 2 is 2.21 bits per heavy atom. The molecule has 0 bridgehead atoms. The van der Waals surface area contributed by atoms with Crippen LogP contribution in [0.1, 0.15) is 11.1 Å². The van der Waals surface area contributed by atoms with E-state index < -0.39 is 0 Å². The van der Waals surface area contributed by atoms with Crippen molar-refractivity contribution in [3.05, 3.63) is 64.0 Å². The fourth-order valence-electron chi connectivity index (χ4n) is 1.85. The Morgan fingerprint density at radius 3 is 2.84 bits per heavy atom. The van der Waals surface area contributed by atoms with E-state index in [0.29, 0.717) is 0 Å². The van der Waals surface area contributed by atoms with Gasteiger partial charge in [0.15, 0.2) is 0 Å². The van der Waals surface area contributed by atoms with Gasteiger partial charge in [-0.05, 0) is 36.6 Å². The van der Waals surface area contributed by atoms with Crippen LogP contribution >= 0.6 is 0 Å². The Bertz CT molecular complexity index is 570. The summed E-state index contributed by atoms with van der Waals surface area (Å²) in [5.41, 5.74) is 3.08. The molecule has 1 aromatic carbocycles. The lowest BCUT2D eigenvalue weighted by atomic mass is 10.1. The van der Waals surface area contributed by atoms with Gasteiger partial charge in [0.25, 0.3) is 5.69 Å². The average molecular weight is 257 g/mol. The molecule has 0 aliphatic rings. The first-order valence-corrected chi connectivity index (χ1v) is 6.04. The summed E-state index contributed by atoms with van der Waals surface area (Å²) in [7, 11) is 0. The lowest BCUT2D eigenvalue weighted by molar-refractivity contribution is -0.384. The van der Waals surface area contributed by atoms with Gasteiger partial charge < -0.3 is 5.32 Å². The molecular formula is C14H15N3O2. The Hall–Kier alpha value is -2.43. The molecule has 0 radical (unpaired) electrons. The van der Waals surface area contributed by atoms with Crippen LogP contribution in [0, 0.1) is 17.0 Å². The third-order valence-corrected chi connectivity index (χ3v) is 2.87. The molecule has 0 saturated heterocycles. The molecule has 2 aromatic rings. The zero-order valence-electron chi connectivity index (χ0n) is 10.7. The van der Waals surface area contributed by atoms with E-state index >= 15 is 0 Å². The second kappa shape index (κ2) is 5.95. The molecule has 0 saturated carbocycles. The van der Waals surface area contributed by atoms with Gasteiger partial charge in [-0.25, -0.2) is 0 Å². The van der Waals surface area contributed by atoms with E-state index in [1.165, 1.54) is 6.07 Å². The van der Waals surface area contributed by atoms with Crippen molar-refractivity contribution < 1.29 is 4.92 Å². The molecule has 5 heteroatoms. The Kier molecular flexibility index (Phi) is 4.07. The van der Waals surface area contributed by atoms with Gasteiger partial charge in [-0.1, -0.05) is 6.07 Å². The van der Waals surface area contributed by atoms with Crippen LogP contribution in [0.3, 0.4) is 0 Å². The van der Waals surface area contributed by atoms with Crippen LogP contribution in [0.5, 0.6) is 0 Å². The van der Waals surface area contributed by atoms with Crippen molar-refractivity contribution >= 4 is 11.4 Å². The molecule has 0 atom stereocenters. The standard InChI is InChI=1S/C14H15N3O2/c1-11-9-13(17(18)19)4-5-14(11)16-8-6-12-3-2-7-15-10-12/h2-5,7,9-10,16H,6,8H2,1H3. The summed E-state index contributed by atoms with van der Waals surface area (Å²) in [5.74, 6) is 0. The first-order valence-electron chi connectivity index (χ1n) is 6.04. The summed E-state index contributed by atoms with van der Waals surface area (Å²) in [4.78, 5) is 14.3. The van der Waals surface area contributed by atoms with E-state index in [4.69, 9.17) is 0 Å². The van der Waals surface area contributed by atoms with Crippen molar-refractivity contribution in [2.24, 2.45) is 0 Å². The number of aryl methyl sites for hydroxylation is 1. The lowest BCUT2D eigenvalue weighted by Crippen LogP contribution is -2.06. The van der Waals surface area contributed by atoms with Gasteiger partial charge in [0, 0.05) is 36.8 Å². The average Bonchev–Trinajstić information content (AvgIpc) is 2.41. The highest BCUT2D eigenvalue weighted by Crippen LogP contribution is 2.21. The normalized spacial score (nSPS) is 10.2. The first-order chi connectivity index (χ1) is 9.16. The molecular weight excluding hydrogens is 242 g/mol. The third kappa shape index (κ3) is 3.51. The minimum Gasteiger partial charge on any atom is -0.384 e. The van der Waals surface area contributed by atoms with Gasteiger partial charge in [-0.3, -0.25) is 15.1 Å². The predicted octanol–water partition coefficient (Wildman–Crippen LogP) is 2.95. The van der Waals surface area contributed by atoms with Crippen LogP contribution < -0.4 is 5.32 Å². The number of nitrogens with one attached hydrogen (secondary N) is 1. The van der Waals surface area contributed by atoms with Gasteiger partial charge in [0.05, 0.1) is 4.92 Å². The molecule has 0 fully saturated rings. The number of anilines is 1. The minimum atomic E-state index is -0.383. The number of pyridine rings is 1. The van der Waals surface area contributed by atoms with Crippen LogP contribution in [-0.4, -0.2) is 16.5 Å². The minimum absolute atomic E-state index is 0.121. The Labute approximate surface area is 111 Å². The highest BCUT2D eigenvalue weighted by molar-refractivity contribution is 5.55. The maximum absolute atomic E-state index is 10.6. The summed E-state index contributed by atoms with van der Waals surface area (Å²) in [6, 6.07) is 8.77. The number of hydrogen-bond acceptors (Lipinski definition) is 4. The van der Waals surface area contributed by atoms with E-state index in [1.807, 2.05) is 25.3 Å². The highest BCUT2D eigenvalue weighted by atomic mass is 16.6. The molecule has 0 aliphatic heterocycles. The topological polar surface area (TPSA) is 68.1 Å². The molecule has 0 unspecified atom stereocenters. The number of nitro benzene ring substituents is 1. The van der Waals surface area contributed by atoms with E-state index in [0.717, 1.165) is 29.8 Å². The molecule has 19 heavy (non-hydrogen) atoms. The Balaban J connectivity index is 1.95. The number of aromatic nitrogens is 1. The SMILES string of the molecule is Cc1cc([N+](=O)[O-])ccc1NCCc1cccnc1. The molecule has 2 rings (SSSR count). The van der Waals surface area contributed by atoms with Crippen molar-refractivity contribution in [2.75, 3.05) is 11.9 Å². The fraction of sp³-hybridized carbons (Fsp3) is 0.214. The summed E-state index contributed by atoms with van der Waals surface area (Å²) in [5, 5.41) is 13.9. The summed E-state index contributed by atoms with van der Waals surface area (Å²) in [6.07, 6.45) is 4.45. The first kappa shape index (κ1) is 13.0. The number of rotatable bonds is 5. The van der Waals surface area contributed by atoms with Crippen LogP contribution in [0.15, 0.2) is 42.7 Å². The quantitative estimate of drug-likeness (QED) is 0.660. The number of nitro groups is 1. The number of nitrogens with zero attached hydrogens (tertiary/aromatic N) is 2. The monoisotopic (exact) mass is 257 g/mol. The molecule has 98 valence electrons. The summed E-state index contributed by atoms with van der Waals surface area (Å²) >= 11 is 0. The molecule has 0 spiro atoms. The van der Waals surface area contributed by atoms with Crippen LogP contribution in [-0.2, 0) is 6.42 Å². The molecule has 0 aliphatic carbocycles. The molecule has 0 amide bonds. The summed E-state index contributed by atoms with van der Waals surface area (Å²) < 4.78 is 0. The maximum Gasteiger partial charge on any atom is 0.269 e. The van der Waals surface area contributed by atoms with Crippen molar-refractivity contribution in [1.82, 2.24) is 4.98 Å². The van der Waals surface area contributed by atoms with Gasteiger partial charge in [0.2, 0.25) is 0 Å². The van der Waals surface area contributed by atoms with Crippen LogP contribution in [0.4, 0.5) is 11.4 Å². The Morgan fingerprint density at radius 1 is 1.37 bits per heavy atom. The van der Waals surface area contributed by atoms with Crippen molar-refractivity contribution in [1.29, 1.82) is 0 Å². The van der Waals surface area contributed by atoms with Gasteiger partial charge in [0.1, 0.15) is 0 Å². The smallest absolute Gasteiger partial charge is 0.269 e. The van der Waals surface area contributed by atoms with E-state index in [9.17, 15) is 10.1 Å². The van der Waals surface area contributed by atoms with Gasteiger partial charge in [-0.2, -0.15) is 0 Å². The van der Waals surface area contributed by atoms with Crippen molar-refractivity contribution in [3.8, 4) is 0 Å². The molecule has 1 aromatic heterocycles. The molecule has 1 N–H and O–H groups in total. The molecule has 5 nitrogen and oxygen atoms in total. The van der Waals surface area contributed by atoms with Gasteiger partial charge >= 0.3 is 0 Å². The van der Waals surface area contributed by atoms with Crippen LogP contribution in [0.2, 0.25) is 0 Å². The van der Waals surface area contributed by atoms with Gasteiger partial charge in [-0.15, -0.1) is 0 Å². The largest absolute Gasteiger partial charge is 0.384 e. The van der Waals surface area contributed by atoms with E-state index in [2.05, 4.69) is 10.3 Å². The fourth-order valence-corrected chi connectivity index (χ4v) is 1.85. The number of benzene rings is 1. The predicted molar refractivity (Wildman–Crippen MR) is 74.3 cm³/mol. The third-order valence-electron chi connectivity index (χ3n) is 2.87. The molecule has 1 heterocycles. The highest BCUT2D eigenvalue weighted by Gasteiger charge is 2.07. The van der Waals surface area contributed by atoms with Crippen LogP contribution in [0.25, 0.3) is 0 Å². The van der Waals surface area contributed by atoms with E-state index in [-0.39, 0.29) is 10.6 Å². The second-order valence-electron chi connectivity index (χ2n) is 4.29. The number of hydrogen-bond donors (Lipinski definition) is 1. The zero-order valence-corrected chi connectivity index (χ0v) is 10.7. The van der Waals surface area contributed by atoms with Crippen molar-refractivity contribution in [3.63, 3.8) is 0 Å². The van der Waals surface area contributed by atoms with Crippen molar-refractivity contribution in [2.45, 2.75) is 13.3 Å².